The van der Waals surface area contributed by atoms with E-state index in [1.165, 1.54) is 11.5 Å². The molecule has 1 aliphatic heterocycles. The minimum atomic E-state index is 0.536. The van der Waals surface area contributed by atoms with Crippen molar-refractivity contribution in [3.05, 3.63) is 0 Å². The first-order valence-electron chi connectivity index (χ1n) is 4.33. The zero-order valence-corrected chi connectivity index (χ0v) is 8.61. The van der Waals surface area contributed by atoms with Gasteiger partial charge in [0.05, 0.1) is 11.1 Å². The second-order valence-corrected chi connectivity index (χ2v) is 5.13. The van der Waals surface area contributed by atoms with E-state index in [9.17, 15) is 0 Å². The molecule has 0 aliphatic carbocycles. The second kappa shape index (κ2) is 3.61. The van der Waals surface area contributed by atoms with Gasteiger partial charge in [-0.2, -0.15) is 0 Å². The van der Waals surface area contributed by atoms with Gasteiger partial charge in [0.15, 0.2) is 0 Å². The number of rotatable bonds is 2. The lowest BCUT2D eigenvalue weighted by atomic mass is 10.1. The first-order chi connectivity index (χ1) is 5.09. The Balaban J connectivity index is 2.43. The first-order valence-corrected chi connectivity index (χ1v) is 5.21. The quantitative estimate of drug-likeness (QED) is 0.622. The van der Waals surface area contributed by atoms with Crippen molar-refractivity contribution in [2.45, 2.75) is 45.4 Å². The molecule has 0 aromatic rings. The molecule has 1 aliphatic rings. The van der Waals surface area contributed by atoms with Crippen LogP contribution in [0.1, 0.15) is 34.1 Å². The molecular formula is C9H17NS. The predicted octanol–water partition coefficient (Wildman–Crippen LogP) is 2.95. The maximum atomic E-state index is 4.59. The van der Waals surface area contributed by atoms with Crippen LogP contribution in [0.5, 0.6) is 0 Å². The Bertz CT molecular complexity index is 163. The fourth-order valence-corrected chi connectivity index (χ4v) is 2.47. The smallest absolute Gasteiger partial charge is 0.0685 e. The van der Waals surface area contributed by atoms with Crippen LogP contribution in [0, 0.1) is 5.92 Å². The zero-order valence-electron chi connectivity index (χ0n) is 7.79. The lowest BCUT2D eigenvalue weighted by Crippen LogP contribution is -2.07. The first kappa shape index (κ1) is 9.11. The molecule has 0 aromatic carbocycles. The second-order valence-electron chi connectivity index (χ2n) is 3.68. The SMILES string of the molecule is CC(C)CC1=NC(C)C(C)S1. The zero-order chi connectivity index (χ0) is 8.43. The summed E-state index contributed by atoms with van der Waals surface area (Å²) in [5, 5.41) is 2.06. The molecule has 0 saturated carbocycles. The Morgan fingerprint density at radius 3 is 2.45 bits per heavy atom. The van der Waals surface area contributed by atoms with E-state index in [-0.39, 0.29) is 0 Å². The largest absolute Gasteiger partial charge is 0.279 e. The summed E-state index contributed by atoms with van der Waals surface area (Å²) >= 11 is 1.95. The van der Waals surface area contributed by atoms with E-state index < -0.39 is 0 Å². The van der Waals surface area contributed by atoms with E-state index >= 15 is 0 Å². The molecule has 0 saturated heterocycles. The van der Waals surface area contributed by atoms with Gasteiger partial charge in [0.2, 0.25) is 0 Å². The van der Waals surface area contributed by atoms with Gasteiger partial charge in [-0.3, -0.25) is 4.99 Å². The maximum Gasteiger partial charge on any atom is 0.0685 e. The van der Waals surface area contributed by atoms with Crippen molar-refractivity contribution in [3.63, 3.8) is 0 Å². The summed E-state index contributed by atoms with van der Waals surface area (Å²) < 4.78 is 0. The molecule has 0 aromatic heterocycles. The molecule has 2 unspecified atom stereocenters. The van der Waals surface area contributed by atoms with Crippen LogP contribution in [0.15, 0.2) is 4.99 Å². The summed E-state index contributed by atoms with van der Waals surface area (Å²) in [4.78, 5) is 4.59. The van der Waals surface area contributed by atoms with E-state index in [1.54, 1.807) is 0 Å². The van der Waals surface area contributed by atoms with Crippen molar-refractivity contribution >= 4 is 16.8 Å². The molecule has 11 heavy (non-hydrogen) atoms. The predicted molar refractivity (Wildman–Crippen MR) is 53.4 cm³/mol. The standard InChI is InChI=1S/C9H17NS/c1-6(2)5-9-10-7(3)8(4)11-9/h6-8H,5H2,1-4H3. The third kappa shape index (κ3) is 2.51. The van der Waals surface area contributed by atoms with E-state index in [0.717, 1.165) is 5.92 Å². The molecule has 1 nitrogen and oxygen atoms in total. The van der Waals surface area contributed by atoms with Gasteiger partial charge in [-0.05, 0) is 19.3 Å². The number of thioether (sulfide) groups is 1. The van der Waals surface area contributed by atoms with Crippen molar-refractivity contribution < 1.29 is 0 Å². The molecule has 64 valence electrons. The monoisotopic (exact) mass is 171 g/mol. The Labute approximate surface area is 73.7 Å². The molecule has 2 atom stereocenters. The van der Waals surface area contributed by atoms with Gasteiger partial charge < -0.3 is 0 Å². The van der Waals surface area contributed by atoms with Crippen LogP contribution >= 0.6 is 11.8 Å². The van der Waals surface area contributed by atoms with Crippen molar-refractivity contribution in [1.29, 1.82) is 0 Å². The van der Waals surface area contributed by atoms with Crippen LogP contribution in [0.25, 0.3) is 0 Å². The average Bonchev–Trinajstić information content (AvgIpc) is 2.10. The summed E-state index contributed by atoms with van der Waals surface area (Å²) in [5.41, 5.74) is 0. The third-order valence-electron chi connectivity index (χ3n) is 1.93. The number of aliphatic imine (C=N–C) groups is 1. The highest BCUT2D eigenvalue weighted by Crippen LogP contribution is 2.29. The number of hydrogen-bond donors (Lipinski definition) is 0. The molecule has 1 heterocycles. The van der Waals surface area contributed by atoms with Crippen LogP contribution in [0.4, 0.5) is 0 Å². The maximum absolute atomic E-state index is 4.59. The van der Waals surface area contributed by atoms with Crippen molar-refractivity contribution in [2.24, 2.45) is 10.9 Å². The van der Waals surface area contributed by atoms with Crippen LogP contribution in [-0.4, -0.2) is 16.3 Å². The highest BCUT2D eigenvalue weighted by Gasteiger charge is 2.22. The summed E-state index contributed by atoms with van der Waals surface area (Å²) in [5.74, 6) is 0.749. The fourth-order valence-electron chi connectivity index (χ4n) is 1.13. The molecule has 0 bridgehead atoms. The molecule has 0 spiro atoms. The van der Waals surface area contributed by atoms with E-state index in [0.29, 0.717) is 11.3 Å². The Hall–Kier alpha value is 0.0200. The number of nitrogens with zero attached hydrogens (tertiary/aromatic N) is 1. The Kier molecular flexibility index (Phi) is 2.99. The lowest BCUT2D eigenvalue weighted by molar-refractivity contribution is 0.682. The van der Waals surface area contributed by atoms with Crippen LogP contribution in [-0.2, 0) is 0 Å². The fraction of sp³-hybridized carbons (Fsp3) is 0.889. The summed E-state index contributed by atoms with van der Waals surface area (Å²) in [7, 11) is 0. The van der Waals surface area contributed by atoms with E-state index in [2.05, 4.69) is 32.7 Å². The van der Waals surface area contributed by atoms with E-state index in [4.69, 9.17) is 0 Å². The normalized spacial score (nSPS) is 31.2. The molecular weight excluding hydrogens is 154 g/mol. The lowest BCUT2D eigenvalue weighted by Gasteiger charge is -2.04. The highest BCUT2D eigenvalue weighted by atomic mass is 32.2. The molecule has 1 rings (SSSR count). The van der Waals surface area contributed by atoms with Crippen molar-refractivity contribution in [3.8, 4) is 0 Å². The van der Waals surface area contributed by atoms with Gasteiger partial charge >= 0.3 is 0 Å². The third-order valence-corrected chi connectivity index (χ3v) is 3.24. The van der Waals surface area contributed by atoms with Crippen LogP contribution in [0.2, 0.25) is 0 Å². The molecule has 2 heteroatoms. The van der Waals surface area contributed by atoms with Crippen LogP contribution < -0.4 is 0 Å². The van der Waals surface area contributed by atoms with Crippen molar-refractivity contribution in [2.75, 3.05) is 0 Å². The highest BCUT2D eigenvalue weighted by molar-refractivity contribution is 8.14. The molecule has 0 N–H and O–H groups in total. The topological polar surface area (TPSA) is 12.4 Å². The Morgan fingerprint density at radius 1 is 1.45 bits per heavy atom. The summed E-state index contributed by atoms with van der Waals surface area (Å²) in [6, 6.07) is 0.536. The number of hydrogen-bond acceptors (Lipinski definition) is 2. The van der Waals surface area contributed by atoms with Crippen molar-refractivity contribution in [1.82, 2.24) is 0 Å². The summed E-state index contributed by atoms with van der Waals surface area (Å²) in [6.45, 7) is 8.95. The molecule has 0 fully saturated rings. The minimum Gasteiger partial charge on any atom is -0.279 e. The summed E-state index contributed by atoms with van der Waals surface area (Å²) in [6.07, 6.45) is 1.17. The average molecular weight is 171 g/mol. The van der Waals surface area contributed by atoms with Crippen LogP contribution in [0.3, 0.4) is 0 Å². The van der Waals surface area contributed by atoms with Gasteiger partial charge in [0.1, 0.15) is 0 Å². The van der Waals surface area contributed by atoms with Gasteiger partial charge in [-0.15, -0.1) is 11.8 Å². The van der Waals surface area contributed by atoms with Gasteiger partial charge in [-0.25, -0.2) is 0 Å². The Morgan fingerprint density at radius 2 is 2.09 bits per heavy atom. The van der Waals surface area contributed by atoms with Gasteiger partial charge in [-0.1, -0.05) is 20.8 Å². The van der Waals surface area contributed by atoms with Gasteiger partial charge in [0.25, 0.3) is 0 Å². The van der Waals surface area contributed by atoms with E-state index in [1.807, 2.05) is 11.8 Å². The van der Waals surface area contributed by atoms with Gasteiger partial charge in [0, 0.05) is 5.25 Å². The molecule has 0 amide bonds. The minimum absolute atomic E-state index is 0.536. The molecule has 0 radical (unpaired) electrons.